The predicted molar refractivity (Wildman–Crippen MR) is 114 cm³/mol. The van der Waals surface area contributed by atoms with E-state index in [2.05, 4.69) is 38.4 Å². The Balaban J connectivity index is 1.58. The van der Waals surface area contributed by atoms with Crippen molar-refractivity contribution in [3.8, 4) is 0 Å². The predicted octanol–water partition coefficient (Wildman–Crippen LogP) is 3.48. The first-order chi connectivity index (χ1) is 13.5. The number of hydrazone groups is 1. The minimum absolute atomic E-state index is 0.530. The molecule has 7 heteroatoms. The minimum atomic E-state index is 0.530. The van der Waals surface area contributed by atoms with Crippen molar-refractivity contribution in [2.75, 3.05) is 0 Å². The van der Waals surface area contributed by atoms with Crippen LogP contribution in [-0.2, 0) is 13.5 Å². The molecule has 0 saturated carbocycles. The molecule has 2 aromatic heterocycles. The molecule has 0 amide bonds. The van der Waals surface area contributed by atoms with Crippen LogP contribution in [0.25, 0.3) is 21.9 Å². The van der Waals surface area contributed by atoms with Crippen molar-refractivity contribution in [1.82, 2.24) is 19.5 Å². The fourth-order valence-electron chi connectivity index (χ4n) is 3.32. The zero-order chi connectivity index (χ0) is 19.8. The maximum absolute atomic E-state index is 6.21. The second-order valence-electron chi connectivity index (χ2n) is 6.93. The van der Waals surface area contributed by atoms with Gasteiger partial charge in [0, 0.05) is 37.7 Å². The average molecular weight is 373 g/mol. The van der Waals surface area contributed by atoms with Gasteiger partial charge in [-0.05, 0) is 38.1 Å². The van der Waals surface area contributed by atoms with E-state index < -0.39 is 0 Å². The van der Waals surface area contributed by atoms with E-state index >= 15 is 0 Å². The quantitative estimate of drug-likeness (QED) is 0.560. The molecule has 0 spiro atoms. The third kappa shape index (κ3) is 3.05. The molecule has 1 aliphatic heterocycles. The SMILES string of the molecule is C=C1C(C)=NC=C(C)N1/N=C(\N)CCc1nc2c3cccnc3ccc2n1C. The molecule has 7 nitrogen and oxygen atoms in total. The summed E-state index contributed by atoms with van der Waals surface area (Å²) in [6, 6.07) is 8.08. The first-order valence-corrected chi connectivity index (χ1v) is 9.18. The molecule has 1 aliphatic rings. The summed E-state index contributed by atoms with van der Waals surface area (Å²) in [7, 11) is 2.03. The number of hydrogen-bond acceptors (Lipinski definition) is 5. The van der Waals surface area contributed by atoms with E-state index in [0.29, 0.717) is 18.7 Å². The van der Waals surface area contributed by atoms with Gasteiger partial charge in [0.1, 0.15) is 11.7 Å². The lowest BCUT2D eigenvalue weighted by molar-refractivity contribution is 0.470. The number of aliphatic imine (C=N–C) groups is 1. The van der Waals surface area contributed by atoms with Gasteiger partial charge < -0.3 is 10.3 Å². The number of imidazole rings is 1. The molecule has 1 aromatic carbocycles. The summed E-state index contributed by atoms with van der Waals surface area (Å²) < 4.78 is 2.11. The summed E-state index contributed by atoms with van der Waals surface area (Å²) in [5, 5.41) is 7.33. The van der Waals surface area contributed by atoms with Crippen LogP contribution in [0.5, 0.6) is 0 Å². The van der Waals surface area contributed by atoms with Crippen LogP contribution in [0, 0.1) is 0 Å². The molecule has 0 unspecified atom stereocenters. The van der Waals surface area contributed by atoms with Crippen molar-refractivity contribution in [2.45, 2.75) is 26.7 Å². The van der Waals surface area contributed by atoms with E-state index in [1.54, 1.807) is 17.4 Å². The molecule has 142 valence electrons. The molecule has 2 N–H and O–H groups in total. The monoisotopic (exact) mass is 373 g/mol. The third-order valence-corrected chi connectivity index (χ3v) is 5.01. The van der Waals surface area contributed by atoms with E-state index in [9.17, 15) is 0 Å². The Hall–Kier alpha value is -3.48. The first kappa shape index (κ1) is 17.9. The normalized spacial score (nSPS) is 15.3. The van der Waals surface area contributed by atoms with Crippen molar-refractivity contribution >= 4 is 33.5 Å². The number of benzene rings is 1. The molecule has 0 atom stereocenters. The number of hydrogen-bond donors (Lipinski definition) is 1. The molecular formula is C21H23N7. The maximum atomic E-state index is 6.21. The fourth-order valence-corrected chi connectivity index (χ4v) is 3.32. The van der Waals surface area contributed by atoms with Crippen LogP contribution in [0.15, 0.2) is 64.7 Å². The second-order valence-corrected chi connectivity index (χ2v) is 6.93. The van der Waals surface area contributed by atoms with Crippen LogP contribution in [0.4, 0.5) is 0 Å². The van der Waals surface area contributed by atoms with Gasteiger partial charge in [-0.15, -0.1) is 0 Å². The molecular weight excluding hydrogens is 350 g/mol. The highest BCUT2D eigenvalue weighted by atomic mass is 15.5. The molecule has 4 rings (SSSR count). The van der Waals surface area contributed by atoms with Gasteiger partial charge in [0.25, 0.3) is 0 Å². The van der Waals surface area contributed by atoms with Crippen LogP contribution in [0.1, 0.15) is 26.1 Å². The van der Waals surface area contributed by atoms with E-state index in [1.165, 1.54) is 0 Å². The molecule has 3 heterocycles. The number of aryl methyl sites for hydroxylation is 2. The Labute approximate surface area is 163 Å². The fraction of sp³-hybridized carbons (Fsp3) is 0.238. The Bertz CT molecular complexity index is 1180. The van der Waals surface area contributed by atoms with Crippen molar-refractivity contribution in [2.24, 2.45) is 22.9 Å². The molecule has 0 bridgehead atoms. The summed E-state index contributed by atoms with van der Waals surface area (Å²) in [5.74, 6) is 1.49. The largest absolute Gasteiger partial charge is 0.386 e. The van der Waals surface area contributed by atoms with Gasteiger partial charge in [0.05, 0.1) is 33.7 Å². The maximum Gasteiger partial charge on any atom is 0.121 e. The van der Waals surface area contributed by atoms with Gasteiger partial charge in [-0.3, -0.25) is 9.98 Å². The van der Waals surface area contributed by atoms with Crippen LogP contribution >= 0.6 is 0 Å². The topological polar surface area (TPSA) is 84.7 Å². The van der Waals surface area contributed by atoms with Gasteiger partial charge in [-0.25, -0.2) is 9.99 Å². The zero-order valence-electron chi connectivity index (χ0n) is 16.3. The standard InChI is InChI=1S/C21H23N7/c1-13-12-24-14(2)15(3)28(13)26-19(22)9-10-20-25-21-16-6-5-11-23-17(16)7-8-18(21)27(20)4/h5-8,11-12H,3,9-10H2,1-2,4H3,(H2,22,26). The zero-order valence-corrected chi connectivity index (χ0v) is 16.3. The smallest absolute Gasteiger partial charge is 0.121 e. The van der Waals surface area contributed by atoms with Gasteiger partial charge >= 0.3 is 0 Å². The summed E-state index contributed by atoms with van der Waals surface area (Å²) in [6.07, 6.45) is 4.86. The van der Waals surface area contributed by atoms with Crippen LogP contribution in [0.2, 0.25) is 0 Å². The second kappa shape index (κ2) is 6.92. The summed E-state index contributed by atoms with van der Waals surface area (Å²) >= 11 is 0. The molecule has 0 fully saturated rings. The van der Waals surface area contributed by atoms with Gasteiger partial charge in [-0.2, -0.15) is 5.10 Å². The number of allylic oxidation sites excluding steroid dienone is 2. The van der Waals surface area contributed by atoms with Crippen LogP contribution in [0.3, 0.4) is 0 Å². The van der Waals surface area contributed by atoms with Gasteiger partial charge in [-0.1, -0.05) is 6.58 Å². The highest BCUT2D eigenvalue weighted by Crippen LogP contribution is 2.24. The van der Waals surface area contributed by atoms with Gasteiger partial charge in [0.15, 0.2) is 0 Å². The Kier molecular flexibility index (Phi) is 4.43. The number of amidine groups is 1. The van der Waals surface area contributed by atoms with Gasteiger partial charge in [0.2, 0.25) is 0 Å². The molecule has 0 aliphatic carbocycles. The van der Waals surface area contributed by atoms with E-state index in [4.69, 9.17) is 10.7 Å². The Morgan fingerprint density at radius 1 is 1.25 bits per heavy atom. The summed E-state index contributed by atoms with van der Waals surface area (Å²) in [5.41, 5.74) is 11.7. The highest BCUT2D eigenvalue weighted by Gasteiger charge is 2.16. The van der Waals surface area contributed by atoms with E-state index in [1.807, 2.05) is 33.0 Å². The molecule has 3 aromatic rings. The Morgan fingerprint density at radius 2 is 2.07 bits per heavy atom. The summed E-state index contributed by atoms with van der Waals surface area (Å²) in [4.78, 5) is 13.6. The number of nitrogens with two attached hydrogens (primary N) is 1. The highest BCUT2D eigenvalue weighted by molar-refractivity contribution is 6.02. The molecule has 0 radical (unpaired) electrons. The minimum Gasteiger partial charge on any atom is -0.386 e. The van der Waals surface area contributed by atoms with Crippen molar-refractivity contribution in [3.63, 3.8) is 0 Å². The first-order valence-electron chi connectivity index (χ1n) is 9.18. The average Bonchev–Trinajstić information content (AvgIpc) is 3.03. The van der Waals surface area contributed by atoms with E-state index in [-0.39, 0.29) is 0 Å². The lowest BCUT2D eigenvalue weighted by Crippen LogP contribution is -2.26. The van der Waals surface area contributed by atoms with Crippen LogP contribution in [-0.4, -0.2) is 31.1 Å². The van der Waals surface area contributed by atoms with Crippen molar-refractivity contribution in [3.05, 3.63) is 60.5 Å². The number of pyridine rings is 1. The lowest BCUT2D eigenvalue weighted by atomic mass is 10.2. The third-order valence-electron chi connectivity index (χ3n) is 5.01. The van der Waals surface area contributed by atoms with Crippen molar-refractivity contribution < 1.29 is 0 Å². The number of rotatable bonds is 4. The summed E-state index contributed by atoms with van der Waals surface area (Å²) in [6.45, 7) is 7.88. The molecule has 0 saturated heterocycles. The van der Waals surface area contributed by atoms with Crippen molar-refractivity contribution in [1.29, 1.82) is 0 Å². The number of aromatic nitrogens is 3. The molecule has 28 heavy (non-hydrogen) atoms. The Morgan fingerprint density at radius 3 is 2.89 bits per heavy atom. The number of nitrogens with zero attached hydrogens (tertiary/aromatic N) is 6. The number of fused-ring (bicyclic) bond motifs is 3. The van der Waals surface area contributed by atoms with Crippen LogP contribution < -0.4 is 5.73 Å². The van der Waals surface area contributed by atoms with E-state index in [0.717, 1.165) is 44.9 Å². The lowest BCUT2D eigenvalue weighted by Gasteiger charge is -2.25.